The molecular weight excluding hydrogens is 1060 g/mol. The zero-order valence-electron chi connectivity index (χ0n) is 55.7. The zero-order valence-corrected chi connectivity index (χ0v) is 56.6. The van der Waals surface area contributed by atoms with Crippen LogP contribution in [0.1, 0.15) is 380 Å². The van der Waals surface area contributed by atoms with Gasteiger partial charge in [-0.2, -0.15) is 0 Å². The van der Waals surface area contributed by atoms with Crippen LogP contribution in [-0.2, 0) is 32.7 Å². The van der Waals surface area contributed by atoms with E-state index in [0.29, 0.717) is 6.42 Å². The predicted molar refractivity (Wildman–Crippen MR) is 363 cm³/mol. The Morgan fingerprint density at radius 2 is 0.655 bits per heavy atom. The summed E-state index contributed by atoms with van der Waals surface area (Å²) in [5.41, 5.74) is 5.40. The first kappa shape index (κ1) is 82.0. The Kier molecular flexibility index (Phi) is 68.4. The first-order valence-corrected chi connectivity index (χ1v) is 38.1. The lowest BCUT2D eigenvalue weighted by Gasteiger charge is -2.19. The van der Waals surface area contributed by atoms with Crippen molar-refractivity contribution in [1.29, 1.82) is 0 Å². The minimum absolute atomic E-state index is 0.0531. The molecule has 0 aliphatic carbocycles. The van der Waals surface area contributed by atoms with Crippen molar-refractivity contribution in [2.24, 2.45) is 5.73 Å². The van der Waals surface area contributed by atoms with Crippen molar-refractivity contribution < 1.29 is 37.6 Å². The van der Waals surface area contributed by atoms with E-state index < -0.39 is 26.5 Å². The van der Waals surface area contributed by atoms with Gasteiger partial charge in [-0.3, -0.25) is 18.6 Å². The molecule has 0 heterocycles. The first-order chi connectivity index (χ1) is 41.3. The fraction of sp³-hybridized carbons (Fsp3) is 0.865. The van der Waals surface area contributed by atoms with Gasteiger partial charge in [-0.05, 0) is 51.4 Å². The third-order valence-electron chi connectivity index (χ3n) is 16.5. The Morgan fingerprint density at radius 1 is 0.369 bits per heavy atom. The molecule has 0 rings (SSSR count). The largest absolute Gasteiger partial charge is 0.472 e. The molecule has 0 aliphatic rings. The lowest BCUT2D eigenvalue weighted by atomic mass is 10.0. The molecular formula is C74H140NO8P. The van der Waals surface area contributed by atoms with Crippen LogP contribution in [0.15, 0.2) is 48.6 Å². The van der Waals surface area contributed by atoms with E-state index in [1.807, 2.05) is 0 Å². The van der Waals surface area contributed by atoms with Crippen LogP contribution in [0, 0.1) is 0 Å². The van der Waals surface area contributed by atoms with Crippen LogP contribution in [-0.4, -0.2) is 49.3 Å². The minimum Gasteiger partial charge on any atom is -0.462 e. The third kappa shape index (κ3) is 69.1. The summed E-state index contributed by atoms with van der Waals surface area (Å²) in [7, 11) is -4.39. The number of hydrogen-bond acceptors (Lipinski definition) is 8. The van der Waals surface area contributed by atoms with Crippen molar-refractivity contribution in [3.8, 4) is 0 Å². The van der Waals surface area contributed by atoms with E-state index in [2.05, 4.69) is 62.5 Å². The molecule has 0 amide bonds. The van der Waals surface area contributed by atoms with Crippen molar-refractivity contribution >= 4 is 19.8 Å². The van der Waals surface area contributed by atoms with E-state index in [9.17, 15) is 19.0 Å². The van der Waals surface area contributed by atoms with Gasteiger partial charge < -0.3 is 20.1 Å². The SMILES string of the molecule is CC/C=C\C/C=C\C/C=C\C/C=C\CCCCCCCCCCCCC(=O)OC(COC(=O)CCCCCCCCCCCCCCCCCCCCCCCCCCCCCCCCCCCCCCCCCC)COP(=O)(O)OCCN. The second-order valence-electron chi connectivity index (χ2n) is 24.8. The van der Waals surface area contributed by atoms with Gasteiger partial charge in [-0.1, -0.05) is 364 Å². The summed E-state index contributed by atoms with van der Waals surface area (Å²) in [6.45, 7) is 3.69. The fourth-order valence-electron chi connectivity index (χ4n) is 11.1. The van der Waals surface area contributed by atoms with Crippen molar-refractivity contribution in [3.05, 3.63) is 48.6 Å². The molecule has 0 aromatic carbocycles. The summed E-state index contributed by atoms with van der Waals surface area (Å²) in [4.78, 5) is 35.3. The molecule has 0 aromatic rings. The molecule has 0 aliphatic heterocycles. The maximum atomic E-state index is 12.7. The monoisotopic (exact) mass is 1200 g/mol. The number of carbonyl (C=O) groups excluding carboxylic acids is 2. The fourth-order valence-corrected chi connectivity index (χ4v) is 11.9. The number of nitrogens with two attached hydrogens (primary N) is 1. The van der Waals surface area contributed by atoms with E-state index >= 15 is 0 Å². The van der Waals surface area contributed by atoms with Gasteiger partial charge in [0, 0.05) is 19.4 Å². The van der Waals surface area contributed by atoms with Crippen molar-refractivity contribution in [3.63, 3.8) is 0 Å². The molecule has 10 heteroatoms. The van der Waals surface area contributed by atoms with Crippen LogP contribution in [0.5, 0.6) is 0 Å². The van der Waals surface area contributed by atoms with Gasteiger partial charge >= 0.3 is 19.8 Å². The topological polar surface area (TPSA) is 134 Å². The number of esters is 2. The van der Waals surface area contributed by atoms with Gasteiger partial charge in [0.15, 0.2) is 6.10 Å². The summed E-state index contributed by atoms with van der Waals surface area (Å²) in [6.07, 6.45) is 89.6. The molecule has 0 radical (unpaired) electrons. The zero-order chi connectivity index (χ0) is 60.9. The first-order valence-electron chi connectivity index (χ1n) is 36.6. The molecule has 0 saturated heterocycles. The Labute approximate surface area is 521 Å². The summed E-state index contributed by atoms with van der Waals surface area (Å²) in [5.74, 6) is -0.816. The Hall–Kier alpha value is -2.03. The van der Waals surface area contributed by atoms with Gasteiger partial charge in [-0.15, -0.1) is 0 Å². The number of phosphoric ester groups is 1. The van der Waals surface area contributed by atoms with Crippen molar-refractivity contribution in [2.75, 3.05) is 26.4 Å². The summed E-state index contributed by atoms with van der Waals surface area (Å²) in [5, 5.41) is 0. The summed E-state index contributed by atoms with van der Waals surface area (Å²) < 4.78 is 33.2. The normalized spacial score (nSPS) is 13.1. The highest BCUT2D eigenvalue weighted by molar-refractivity contribution is 7.47. The van der Waals surface area contributed by atoms with E-state index in [0.717, 1.165) is 70.6 Å². The molecule has 494 valence electrons. The third-order valence-corrected chi connectivity index (χ3v) is 17.5. The lowest BCUT2D eigenvalue weighted by molar-refractivity contribution is -0.161. The maximum absolute atomic E-state index is 12.7. The number of ether oxygens (including phenoxy) is 2. The number of hydrogen-bond donors (Lipinski definition) is 2. The Balaban J connectivity index is 3.74. The van der Waals surface area contributed by atoms with Crippen LogP contribution in [0.4, 0.5) is 0 Å². The van der Waals surface area contributed by atoms with Crippen LogP contribution in [0.25, 0.3) is 0 Å². The van der Waals surface area contributed by atoms with Crippen LogP contribution in [0.3, 0.4) is 0 Å². The second-order valence-corrected chi connectivity index (χ2v) is 26.2. The van der Waals surface area contributed by atoms with Gasteiger partial charge in [-0.25, -0.2) is 4.57 Å². The van der Waals surface area contributed by atoms with Crippen LogP contribution < -0.4 is 5.73 Å². The standard InChI is InChI=1S/C74H140NO8P/c1-3-5-7-9-11-13-15-17-19-21-23-25-27-28-29-30-31-32-33-34-35-36-37-38-39-40-41-42-43-45-46-48-50-52-54-56-58-60-62-64-66-73(76)80-70-72(71-82-84(78,79)81-69-68-75)83-74(77)67-65-63-61-59-57-55-53-51-49-47-44-26-24-22-20-18-16-14-12-10-8-6-4-2/h6,8,12,14,18,20,24,26,72H,3-5,7,9-11,13,15-17,19,21-23,25,27-71,75H2,1-2H3,(H,78,79)/b8-6-,14-12-,20-18-,26-24-. The van der Waals surface area contributed by atoms with Crippen LogP contribution in [0.2, 0.25) is 0 Å². The number of unbranched alkanes of at least 4 members (excludes halogenated alkanes) is 49. The second kappa shape index (κ2) is 70.1. The summed E-state index contributed by atoms with van der Waals surface area (Å²) >= 11 is 0. The summed E-state index contributed by atoms with van der Waals surface area (Å²) in [6, 6.07) is 0. The molecule has 84 heavy (non-hydrogen) atoms. The van der Waals surface area contributed by atoms with Crippen LogP contribution >= 0.6 is 7.82 Å². The molecule has 2 unspecified atom stereocenters. The highest BCUT2D eigenvalue weighted by atomic mass is 31.2. The van der Waals surface area contributed by atoms with E-state index in [4.69, 9.17) is 24.3 Å². The molecule has 0 spiro atoms. The quantitative estimate of drug-likeness (QED) is 0.0264. The lowest BCUT2D eigenvalue weighted by Crippen LogP contribution is -2.29. The van der Waals surface area contributed by atoms with Gasteiger partial charge in [0.25, 0.3) is 0 Å². The number of allylic oxidation sites excluding steroid dienone is 8. The highest BCUT2D eigenvalue weighted by Crippen LogP contribution is 2.43. The molecule has 3 N–H and O–H groups in total. The molecule has 0 saturated carbocycles. The number of phosphoric acid groups is 1. The molecule has 2 atom stereocenters. The van der Waals surface area contributed by atoms with Crippen molar-refractivity contribution in [2.45, 2.75) is 386 Å². The predicted octanol–water partition coefficient (Wildman–Crippen LogP) is 24.0. The van der Waals surface area contributed by atoms with E-state index in [-0.39, 0.29) is 38.6 Å². The number of rotatable bonds is 70. The Morgan fingerprint density at radius 3 is 0.976 bits per heavy atom. The highest BCUT2D eigenvalue weighted by Gasteiger charge is 2.26. The Bertz CT molecular complexity index is 1520. The average molecular weight is 1200 g/mol. The molecule has 0 fully saturated rings. The molecule has 9 nitrogen and oxygen atoms in total. The number of carbonyl (C=O) groups is 2. The van der Waals surface area contributed by atoms with Gasteiger partial charge in [0.1, 0.15) is 6.61 Å². The molecule has 0 aromatic heterocycles. The van der Waals surface area contributed by atoms with Crippen molar-refractivity contribution in [1.82, 2.24) is 0 Å². The molecule has 0 bridgehead atoms. The van der Waals surface area contributed by atoms with Gasteiger partial charge in [0.2, 0.25) is 0 Å². The van der Waals surface area contributed by atoms with E-state index in [1.54, 1.807) is 0 Å². The maximum Gasteiger partial charge on any atom is 0.472 e. The average Bonchev–Trinajstić information content (AvgIpc) is 3.58. The van der Waals surface area contributed by atoms with Gasteiger partial charge in [0.05, 0.1) is 13.2 Å². The van der Waals surface area contributed by atoms with E-state index in [1.165, 1.54) is 276 Å². The smallest absolute Gasteiger partial charge is 0.462 e. The minimum atomic E-state index is -4.39.